The highest BCUT2D eigenvalue weighted by Gasteiger charge is 2.29. The molecule has 1 aromatic rings. The lowest BCUT2D eigenvalue weighted by molar-refractivity contribution is -0.385. The second kappa shape index (κ2) is 6.53. The van der Waals surface area contributed by atoms with Crippen molar-refractivity contribution in [1.82, 2.24) is 4.90 Å². The predicted molar refractivity (Wildman–Crippen MR) is 77.9 cm³/mol. The van der Waals surface area contributed by atoms with Crippen LogP contribution in [-0.4, -0.2) is 53.3 Å². The number of nitro benzene ring substituents is 1. The standard InChI is InChI=1S/C14H19F2N3O3/c1-9-7-17(8-10(2)20)3-4-18(9)14-12(15)5-11(19(21)22)6-13(14)16/h5-6,9-10,20H,3-4,7-8H2,1-2H3. The van der Waals surface area contributed by atoms with Crippen molar-refractivity contribution >= 4 is 11.4 Å². The van der Waals surface area contributed by atoms with E-state index in [0.29, 0.717) is 26.2 Å². The number of hydrogen-bond acceptors (Lipinski definition) is 5. The monoisotopic (exact) mass is 315 g/mol. The molecule has 2 atom stereocenters. The number of benzene rings is 1. The molecular formula is C14H19F2N3O3. The van der Waals surface area contributed by atoms with Gasteiger partial charge in [-0.05, 0) is 13.8 Å². The molecule has 2 rings (SSSR count). The number of non-ortho nitro benzene ring substituents is 1. The van der Waals surface area contributed by atoms with E-state index < -0.39 is 28.3 Å². The summed E-state index contributed by atoms with van der Waals surface area (Å²) in [7, 11) is 0. The van der Waals surface area contributed by atoms with Gasteiger partial charge in [0, 0.05) is 32.2 Å². The van der Waals surface area contributed by atoms with E-state index in [0.717, 1.165) is 12.1 Å². The number of halogens is 2. The molecule has 1 N–H and O–H groups in total. The second-order valence-electron chi connectivity index (χ2n) is 5.67. The highest BCUT2D eigenvalue weighted by Crippen LogP contribution is 2.30. The van der Waals surface area contributed by atoms with Crippen molar-refractivity contribution in [1.29, 1.82) is 0 Å². The third-order valence-corrected chi connectivity index (χ3v) is 3.73. The lowest BCUT2D eigenvalue weighted by Gasteiger charge is -2.41. The summed E-state index contributed by atoms with van der Waals surface area (Å²) in [5.41, 5.74) is -0.825. The molecule has 0 saturated carbocycles. The van der Waals surface area contributed by atoms with E-state index in [1.165, 1.54) is 0 Å². The van der Waals surface area contributed by atoms with Crippen LogP contribution >= 0.6 is 0 Å². The summed E-state index contributed by atoms with van der Waals surface area (Å²) < 4.78 is 28.2. The van der Waals surface area contributed by atoms with Crippen LogP contribution in [0.1, 0.15) is 13.8 Å². The summed E-state index contributed by atoms with van der Waals surface area (Å²) in [5, 5.41) is 20.0. The number of nitrogens with zero attached hydrogens (tertiary/aromatic N) is 3. The number of rotatable bonds is 4. The first-order valence-electron chi connectivity index (χ1n) is 7.10. The topological polar surface area (TPSA) is 69.8 Å². The largest absolute Gasteiger partial charge is 0.392 e. The van der Waals surface area contributed by atoms with Crippen molar-refractivity contribution in [3.05, 3.63) is 33.9 Å². The van der Waals surface area contributed by atoms with Crippen LogP contribution in [0.15, 0.2) is 12.1 Å². The normalized spacial score (nSPS) is 21.0. The van der Waals surface area contributed by atoms with Crippen molar-refractivity contribution in [3.8, 4) is 0 Å². The lowest BCUT2D eigenvalue weighted by Crippen LogP contribution is -2.53. The molecule has 1 aliphatic heterocycles. The SMILES string of the molecule is CC(O)CN1CCN(c2c(F)cc([N+](=O)[O-])cc2F)C(C)C1. The van der Waals surface area contributed by atoms with Crippen molar-refractivity contribution in [3.63, 3.8) is 0 Å². The zero-order valence-corrected chi connectivity index (χ0v) is 12.5. The van der Waals surface area contributed by atoms with Gasteiger partial charge in [0.15, 0.2) is 11.6 Å². The van der Waals surface area contributed by atoms with Gasteiger partial charge in [-0.1, -0.05) is 0 Å². The van der Waals surface area contributed by atoms with E-state index in [1.54, 1.807) is 11.8 Å². The molecule has 2 unspecified atom stereocenters. The predicted octanol–water partition coefficient (Wildman–Crippen LogP) is 1.76. The van der Waals surface area contributed by atoms with Gasteiger partial charge in [-0.3, -0.25) is 15.0 Å². The Labute approximate surface area is 127 Å². The number of β-amino-alcohol motifs (C(OH)–C–C–N with tert-alkyl or cyclic N) is 1. The maximum Gasteiger partial charge on any atom is 0.275 e. The van der Waals surface area contributed by atoms with Gasteiger partial charge in [0.2, 0.25) is 0 Å². The third kappa shape index (κ3) is 3.50. The maximum atomic E-state index is 14.1. The maximum absolute atomic E-state index is 14.1. The minimum atomic E-state index is -0.928. The Kier molecular flexibility index (Phi) is 4.92. The van der Waals surface area contributed by atoms with Gasteiger partial charge in [0.25, 0.3) is 5.69 Å². The molecule has 1 saturated heterocycles. The Morgan fingerprint density at radius 2 is 2.00 bits per heavy atom. The molecule has 0 aliphatic carbocycles. The first-order valence-corrected chi connectivity index (χ1v) is 7.10. The van der Waals surface area contributed by atoms with Crippen LogP contribution < -0.4 is 4.90 Å². The Balaban J connectivity index is 2.21. The number of anilines is 1. The van der Waals surface area contributed by atoms with Gasteiger partial charge in [0.05, 0.1) is 23.2 Å². The Hall–Kier alpha value is -1.80. The summed E-state index contributed by atoms with van der Waals surface area (Å²) in [4.78, 5) is 13.4. The van der Waals surface area contributed by atoms with Crippen LogP contribution in [0.5, 0.6) is 0 Å². The number of hydrogen-bond donors (Lipinski definition) is 1. The second-order valence-corrected chi connectivity index (χ2v) is 5.67. The molecule has 8 heteroatoms. The minimum Gasteiger partial charge on any atom is -0.392 e. The van der Waals surface area contributed by atoms with Crippen LogP contribution in [0.3, 0.4) is 0 Å². The van der Waals surface area contributed by atoms with Crippen LogP contribution in [0.25, 0.3) is 0 Å². The van der Waals surface area contributed by atoms with Crippen LogP contribution in [-0.2, 0) is 0 Å². The van der Waals surface area contributed by atoms with Crippen molar-refractivity contribution < 1.29 is 18.8 Å². The lowest BCUT2D eigenvalue weighted by atomic mass is 10.1. The molecular weight excluding hydrogens is 296 g/mol. The number of aliphatic hydroxyl groups excluding tert-OH is 1. The van der Waals surface area contributed by atoms with Crippen molar-refractivity contribution in [2.24, 2.45) is 0 Å². The highest BCUT2D eigenvalue weighted by atomic mass is 19.1. The molecule has 1 aliphatic rings. The Morgan fingerprint density at radius 1 is 1.41 bits per heavy atom. The van der Waals surface area contributed by atoms with Crippen LogP contribution in [0.2, 0.25) is 0 Å². The van der Waals surface area contributed by atoms with E-state index in [1.807, 2.05) is 11.8 Å². The Morgan fingerprint density at radius 3 is 2.45 bits per heavy atom. The van der Waals surface area contributed by atoms with Crippen molar-refractivity contribution in [2.45, 2.75) is 26.0 Å². The molecule has 0 aromatic heterocycles. The fraction of sp³-hybridized carbons (Fsp3) is 0.571. The molecule has 1 fully saturated rings. The quantitative estimate of drug-likeness (QED) is 0.677. The molecule has 0 spiro atoms. The minimum absolute atomic E-state index is 0.169. The van der Waals surface area contributed by atoms with Gasteiger partial charge >= 0.3 is 0 Å². The first-order chi connectivity index (χ1) is 10.3. The van der Waals surface area contributed by atoms with E-state index in [2.05, 4.69) is 0 Å². The zero-order valence-electron chi connectivity index (χ0n) is 12.5. The number of nitro groups is 1. The van der Waals surface area contributed by atoms with Crippen molar-refractivity contribution in [2.75, 3.05) is 31.1 Å². The highest BCUT2D eigenvalue weighted by molar-refractivity contribution is 5.54. The molecule has 0 radical (unpaired) electrons. The Bertz CT molecular complexity index is 545. The van der Waals surface area contributed by atoms with Gasteiger partial charge in [-0.15, -0.1) is 0 Å². The van der Waals surface area contributed by atoms with Gasteiger partial charge in [-0.25, -0.2) is 8.78 Å². The summed E-state index contributed by atoms with van der Waals surface area (Å²) >= 11 is 0. The number of piperazine rings is 1. The molecule has 22 heavy (non-hydrogen) atoms. The molecule has 0 bridgehead atoms. The van der Waals surface area contributed by atoms with Crippen LogP contribution in [0, 0.1) is 21.7 Å². The van der Waals surface area contributed by atoms with Gasteiger partial charge in [-0.2, -0.15) is 0 Å². The molecule has 122 valence electrons. The third-order valence-electron chi connectivity index (χ3n) is 3.73. The first kappa shape index (κ1) is 16.6. The fourth-order valence-corrected chi connectivity index (χ4v) is 2.84. The van der Waals surface area contributed by atoms with Crippen LogP contribution in [0.4, 0.5) is 20.2 Å². The summed E-state index contributed by atoms with van der Waals surface area (Å²) in [5.74, 6) is -1.86. The average Bonchev–Trinajstić information content (AvgIpc) is 2.39. The molecule has 6 nitrogen and oxygen atoms in total. The summed E-state index contributed by atoms with van der Waals surface area (Å²) in [6.45, 7) is 5.52. The number of aliphatic hydroxyl groups is 1. The van der Waals surface area contributed by atoms with E-state index in [9.17, 15) is 24.0 Å². The van der Waals surface area contributed by atoms with Gasteiger partial charge in [0.1, 0.15) is 5.69 Å². The van der Waals surface area contributed by atoms with Gasteiger partial charge < -0.3 is 10.0 Å². The fourth-order valence-electron chi connectivity index (χ4n) is 2.84. The smallest absolute Gasteiger partial charge is 0.275 e. The summed E-state index contributed by atoms with van der Waals surface area (Å²) in [6.07, 6.45) is -0.466. The summed E-state index contributed by atoms with van der Waals surface area (Å²) in [6, 6.07) is 1.32. The van der Waals surface area contributed by atoms with E-state index >= 15 is 0 Å². The molecule has 0 amide bonds. The molecule has 1 aromatic carbocycles. The van der Waals surface area contributed by atoms with E-state index in [-0.39, 0.29) is 11.7 Å². The average molecular weight is 315 g/mol. The molecule has 1 heterocycles. The van der Waals surface area contributed by atoms with E-state index in [4.69, 9.17) is 0 Å². The zero-order chi connectivity index (χ0) is 16.4.